The van der Waals surface area contributed by atoms with Crippen LogP contribution in [0.15, 0.2) is 35.3 Å². The molecule has 0 unspecified atom stereocenters. The van der Waals surface area contributed by atoms with Crippen LogP contribution in [0.1, 0.15) is 49.2 Å². The average Bonchev–Trinajstić information content (AvgIpc) is 2.36. The summed E-state index contributed by atoms with van der Waals surface area (Å²) in [5.74, 6) is 0.536. The highest BCUT2D eigenvalue weighted by molar-refractivity contribution is 5.98. The molecule has 1 aromatic rings. The first-order valence-corrected chi connectivity index (χ1v) is 6.24. The zero-order chi connectivity index (χ0) is 14.4. The highest BCUT2D eigenvalue weighted by Crippen LogP contribution is 2.21. The number of amidine groups is 1. The van der Waals surface area contributed by atoms with Crippen molar-refractivity contribution >= 4 is 23.4 Å². The van der Waals surface area contributed by atoms with Crippen LogP contribution in [0.5, 0.6) is 0 Å². The molecule has 3 nitrogen and oxygen atoms in total. The summed E-state index contributed by atoms with van der Waals surface area (Å²) in [6, 6.07) is 5.74. The second-order valence-electron chi connectivity index (χ2n) is 4.29. The molecule has 0 fully saturated rings. The highest BCUT2D eigenvalue weighted by Gasteiger charge is 2.08. The average molecular weight is 256 g/mol. The fourth-order valence-corrected chi connectivity index (χ4v) is 1.83. The maximum atomic E-state index is 11.7. The van der Waals surface area contributed by atoms with Gasteiger partial charge in [0, 0.05) is 11.1 Å². The molecule has 0 radical (unpaired) electrons. The molecule has 0 aliphatic carbocycles. The summed E-state index contributed by atoms with van der Waals surface area (Å²) >= 11 is 0. The predicted molar refractivity (Wildman–Crippen MR) is 82.1 cm³/mol. The molecule has 0 saturated carbocycles. The smallest absolute Gasteiger partial charge is 0.160 e. The predicted octanol–water partition coefficient (Wildman–Crippen LogP) is 3.66. The number of benzene rings is 1. The molecule has 1 rings (SSSR count). The van der Waals surface area contributed by atoms with Gasteiger partial charge in [-0.05, 0) is 39.3 Å². The topological polar surface area (TPSA) is 55.4 Å². The second kappa shape index (κ2) is 6.69. The standard InChI is InChI=1S/C16H20N2O/c1-5-7-13-8-9-14(10-15(13)11(3)19)16(6-2)18-12(4)17/h5-10H,1-4H3,(H2,17,18)/b7-5-,16-6-. The number of ketones is 1. The lowest BCUT2D eigenvalue weighted by molar-refractivity contribution is 0.101. The van der Waals surface area contributed by atoms with E-state index in [1.165, 1.54) is 0 Å². The Bertz CT molecular complexity index is 562. The first-order chi connectivity index (χ1) is 8.99. The van der Waals surface area contributed by atoms with Crippen LogP contribution in [0.25, 0.3) is 11.8 Å². The van der Waals surface area contributed by atoms with Crippen molar-refractivity contribution in [2.24, 2.45) is 10.7 Å². The molecule has 19 heavy (non-hydrogen) atoms. The van der Waals surface area contributed by atoms with Crippen LogP contribution >= 0.6 is 0 Å². The molecule has 0 bridgehead atoms. The fraction of sp³-hybridized carbons (Fsp3) is 0.250. The van der Waals surface area contributed by atoms with Crippen LogP contribution < -0.4 is 5.73 Å². The van der Waals surface area contributed by atoms with E-state index in [-0.39, 0.29) is 5.78 Å². The Balaban J connectivity index is 3.37. The Morgan fingerprint density at radius 1 is 1.26 bits per heavy atom. The Hall–Kier alpha value is -2.16. The normalized spacial score (nSPS) is 13.1. The van der Waals surface area contributed by atoms with E-state index in [4.69, 9.17) is 5.73 Å². The van der Waals surface area contributed by atoms with Crippen molar-refractivity contribution < 1.29 is 4.79 Å². The Morgan fingerprint density at radius 2 is 1.95 bits per heavy atom. The van der Waals surface area contributed by atoms with Crippen molar-refractivity contribution in [2.75, 3.05) is 0 Å². The van der Waals surface area contributed by atoms with Gasteiger partial charge in [-0.15, -0.1) is 0 Å². The van der Waals surface area contributed by atoms with Gasteiger partial charge < -0.3 is 5.73 Å². The second-order valence-corrected chi connectivity index (χ2v) is 4.29. The molecule has 3 heteroatoms. The van der Waals surface area contributed by atoms with Gasteiger partial charge in [0.05, 0.1) is 11.5 Å². The molecule has 100 valence electrons. The van der Waals surface area contributed by atoms with Gasteiger partial charge in [-0.3, -0.25) is 4.79 Å². The molecule has 0 aromatic heterocycles. The monoisotopic (exact) mass is 256 g/mol. The lowest BCUT2D eigenvalue weighted by Gasteiger charge is -2.08. The Morgan fingerprint density at radius 3 is 2.42 bits per heavy atom. The van der Waals surface area contributed by atoms with Gasteiger partial charge in [-0.25, -0.2) is 4.99 Å². The third-order valence-electron chi connectivity index (χ3n) is 2.64. The van der Waals surface area contributed by atoms with Crippen molar-refractivity contribution in [3.8, 4) is 0 Å². The van der Waals surface area contributed by atoms with Crippen molar-refractivity contribution in [3.05, 3.63) is 47.0 Å². The number of nitrogens with zero attached hydrogens (tertiary/aromatic N) is 1. The first-order valence-electron chi connectivity index (χ1n) is 6.24. The lowest BCUT2D eigenvalue weighted by Crippen LogP contribution is -2.05. The zero-order valence-electron chi connectivity index (χ0n) is 11.9. The molecule has 1 aromatic carbocycles. The molecular weight excluding hydrogens is 236 g/mol. The third kappa shape index (κ3) is 3.91. The number of hydrogen-bond acceptors (Lipinski definition) is 2. The van der Waals surface area contributed by atoms with Gasteiger partial charge in [0.2, 0.25) is 0 Å². The maximum absolute atomic E-state index is 11.7. The summed E-state index contributed by atoms with van der Waals surface area (Å²) in [6.45, 7) is 7.13. The number of allylic oxidation sites excluding steroid dienone is 2. The largest absolute Gasteiger partial charge is 0.387 e. The van der Waals surface area contributed by atoms with E-state index < -0.39 is 0 Å². The summed E-state index contributed by atoms with van der Waals surface area (Å²) in [6.07, 6.45) is 5.72. The van der Waals surface area contributed by atoms with Crippen molar-refractivity contribution in [1.29, 1.82) is 0 Å². The Kier molecular flexibility index (Phi) is 5.24. The van der Waals surface area contributed by atoms with Crippen LogP contribution in [-0.2, 0) is 0 Å². The van der Waals surface area contributed by atoms with E-state index in [0.29, 0.717) is 11.4 Å². The van der Waals surface area contributed by atoms with E-state index in [1.807, 2.05) is 50.3 Å². The van der Waals surface area contributed by atoms with Crippen molar-refractivity contribution in [3.63, 3.8) is 0 Å². The van der Waals surface area contributed by atoms with E-state index >= 15 is 0 Å². The first kappa shape index (κ1) is 14.9. The number of rotatable bonds is 4. The molecule has 0 saturated heterocycles. The van der Waals surface area contributed by atoms with Crippen molar-refractivity contribution in [1.82, 2.24) is 0 Å². The highest BCUT2D eigenvalue weighted by atomic mass is 16.1. The van der Waals surface area contributed by atoms with Gasteiger partial charge in [0.1, 0.15) is 0 Å². The number of hydrogen-bond donors (Lipinski definition) is 1. The summed E-state index contributed by atoms with van der Waals surface area (Å²) in [7, 11) is 0. The fourth-order valence-electron chi connectivity index (χ4n) is 1.83. The Labute approximate surface area is 114 Å². The van der Waals surface area contributed by atoms with Gasteiger partial charge in [0.15, 0.2) is 5.78 Å². The molecular formula is C16H20N2O. The number of aliphatic imine (C=N–C) groups is 1. The minimum Gasteiger partial charge on any atom is -0.387 e. The minimum absolute atomic E-state index is 0.0406. The molecule has 0 aliphatic rings. The van der Waals surface area contributed by atoms with Gasteiger partial charge in [0.25, 0.3) is 0 Å². The number of carbonyl (C=O) groups is 1. The van der Waals surface area contributed by atoms with E-state index in [1.54, 1.807) is 13.8 Å². The third-order valence-corrected chi connectivity index (χ3v) is 2.64. The lowest BCUT2D eigenvalue weighted by atomic mass is 9.99. The SMILES string of the molecule is C/C=C\c1ccc(/C(=C/C)N=C(C)N)cc1C(C)=O. The molecule has 0 atom stereocenters. The summed E-state index contributed by atoms with van der Waals surface area (Å²) < 4.78 is 0. The quantitative estimate of drug-likeness (QED) is 0.508. The molecule has 2 N–H and O–H groups in total. The van der Waals surface area contributed by atoms with Crippen LogP contribution in [-0.4, -0.2) is 11.6 Å². The van der Waals surface area contributed by atoms with Crippen LogP contribution in [0, 0.1) is 0 Å². The van der Waals surface area contributed by atoms with Gasteiger partial charge in [-0.2, -0.15) is 0 Å². The van der Waals surface area contributed by atoms with Gasteiger partial charge in [-0.1, -0.05) is 30.4 Å². The molecule has 0 aliphatic heterocycles. The van der Waals surface area contributed by atoms with E-state index in [2.05, 4.69) is 4.99 Å². The minimum atomic E-state index is 0.0406. The molecule has 0 heterocycles. The van der Waals surface area contributed by atoms with Gasteiger partial charge >= 0.3 is 0 Å². The van der Waals surface area contributed by atoms with Crippen LogP contribution in [0.4, 0.5) is 0 Å². The van der Waals surface area contributed by atoms with Crippen LogP contribution in [0.2, 0.25) is 0 Å². The van der Waals surface area contributed by atoms with Crippen LogP contribution in [0.3, 0.4) is 0 Å². The summed E-state index contributed by atoms with van der Waals surface area (Å²) in [4.78, 5) is 16.0. The summed E-state index contributed by atoms with van der Waals surface area (Å²) in [5, 5.41) is 0. The maximum Gasteiger partial charge on any atom is 0.160 e. The van der Waals surface area contributed by atoms with Crippen molar-refractivity contribution in [2.45, 2.75) is 27.7 Å². The van der Waals surface area contributed by atoms with E-state index in [0.717, 1.165) is 16.8 Å². The van der Waals surface area contributed by atoms with E-state index in [9.17, 15) is 4.79 Å². The molecule has 0 amide bonds. The molecule has 0 spiro atoms. The number of nitrogens with two attached hydrogens (primary N) is 1. The summed E-state index contributed by atoms with van der Waals surface area (Å²) in [5.41, 5.74) is 8.89. The zero-order valence-corrected chi connectivity index (χ0v) is 11.9. The number of Topliss-reactive ketones (excluding diaryl/α,β-unsaturated/α-hetero) is 1. The number of carbonyl (C=O) groups excluding carboxylic acids is 1.